The van der Waals surface area contributed by atoms with Gasteiger partial charge in [-0.1, -0.05) is 12.1 Å². The van der Waals surface area contributed by atoms with Crippen LogP contribution in [0.15, 0.2) is 42.6 Å². The summed E-state index contributed by atoms with van der Waals surface area (Å²) >= 11 is 0. The molecule has 5 heteroatoms. The van der Waals surface area contributed by atoms with Gasteiger partial charge >= 0.3 is 0 Å². The second-order valence-corrected chi connectivity index (χ2v) is 3.95. The zero-order valence-electron chi connectivity index (χ0n) is 9.87. The van der Waals surface area contributed by atoms with E-state index < -0.39 is 0 Å². The van der Waals surface area contributed by atoms with E-state index in [1.165, 1.54) is 0 Å². The molecule has 0 saturated carbocycles. The first kappa shape index (κ1) is 10.6. The van der Waals surface area contributed by atoms with Crippen molar-refractivity contribution in [3.63, 3.8) is 0 Å². The molecule has 18 heavy (non-hydrogen) atoms. The van der Waals surface area contributed by atoms with Crippen molar-refractivity contribution in [1.82, 2.24) is 14.6 Å². The molecule has 0 aliphatic carbocycles. The third-order valence-electron chi connectivity index (χ3n) is 2.75. The Hall–Kier alpha value is -2.56. The second kappa shape index (κ2) is 4.03. The molecule has 2 N–H and O–H groups in total. The van der Waals surface area contributed by atoms with Crippen LogP contribution in [-0.4, -0.2) is 21.7 Å². The number of anilines is 1. The highest BCUT2D eigenvalue weighted by Crippen LogP contribution is 2.23. The predicted molar refractivity (Wildman–Crippen MR) is 69.4 cm³/mol. The fourth-order valence-electron chi connectivity index (χ4n) is 1.87. The van der Waals surface area contributed by atoms with Gasteiger partial charge < -0.3 is 10.5 Å². The molecule has 0 radical (unpaired) electrons. The summed E-state index contributed by atoms with van der Waals surface area (Å²) in [5, 5.41) is 8.29. The van der Waals surface area contributed by atoms with Gasteiger partial charge in [-0.05, 0) is 24.3 Å². The topological polar surface area (TPSA) is 65.4 Å². The van der Waals surface area contributed by atoms with Crippen molar-refractivity contribution in [2.24, 2.45) is 0 Å². The predicted octanol–water partition coefficient (Wildman–Crippen LogP) is 1.99. The minimum atomic E-state index is 0.673. The van der Waals surface area contributed by atoms with Gasteiger partial charge in [-0.25, -0.2) is 0 Å². The number of hydrogen-bond acceptors (Lipinski definition) is 4. The maximum atomic E-state index is 5.79. The molecule has 0 amide bonds. The third kappa shape index (κ3) is 1.66. The summed E-state index contributed by atoms with van der Waals surface area (Å²) in [6, 6.07) is 11.3. The van der Waals surface area contributed by atoms with Gasteiger partial charge in [-0.15, -0.1) is 10.2 Å². The van der Waals surface area contributed by atoms with Crippen molar-refractivity contribution in [3.8, 4) is 17.1 Å². The molecule has 2 heterocycles. The first-order valence-electron chi connectivity index (χ1n) is 5.52. The van der Waals surface area contributed by atoms with E-state index in [-0.39, 0.29) is 0 Å². The Morgan fingerprint density at radius 3 is 2.89 bits per heavy atom. The number of nitrogen functional groups attached to an aromatic ring is 1. The number of hydrogen-bond donors (Lipinski definition) is 1. The largest absolute Gasteiger partial charge is 0.497 e. The molecule has 3 rings (SSSR count). The van der Waals surface area contributed by atoms with Gasteiger partial charge in [0.05, 0.1) is 7.11 Å². The standard InChI is InChI=1S/C13H12N4O/c1-18-11-4-2-3-9(7-11)13-16-15-12-6-5-10(14)8-17(12)13/h2-8H,14H2,1H3. The van der Waals surface area contributed by atoms with E-state index in [1.807, 2.05) is 40.9 Å². The number of methoxy groups -OCH3 is 1. The normalized spacial score (nSPS) is 10.7. The number of ether oxygens (including phenoxy) is 1. The molecule has 0 unspecified atom stereocenters. The van der Waals surface area contributed by atoms with Crippen LogP contribution in [0.25, 0.3) is 17.0 Å². The van der Waals surface area contributed by atoms with E-state index in [1.54, 1.807) is 13.2 Å². The first-order valence-corrected chi connectivity index (χ1v) is 5.52. The summed E-state index contributed by atoms with van der Waals surface area (Å²) in [5.41, 5.74) is 8.16. The minimum Gasteiger partial charge on any atom is -0.497 e. The highest BCUT2D eigenvalue weighted by Gasteiger charge is 2.08. The number of nitrogens with two attached hydrogens (primary N) is 1. The summed E-state index contributed by atoms with van der Waals surface area (Å²) in [6.45, 7) is 0. The van der Waals surface area contributed by atoms with Crippen LogP contribution in [0.3, 0.4) is 0 Å². The molecule has 2 aromatic heterocycles. The van der Waals surface area contributed by atoms with Crippen LogP contribution in [0.4, 0.5) is 5.69 Å². The number of nitrogens with zero attached hydrogens (tertiary/aromatic N) is 3. The van der Waals surface area contributed by atoms with Crippen LogP contribution in [-0.2, 0) is 0 Å². The number of fused-ring (bicyclic) bond motifs is 1. The van der Waals surface area contributed by atoms with Gasteiger partial charge in [0, 0.05) is 17.4 Å². The fourth-order valence-corrected chi connectivity index (χ4v) is 1.87. The van der Waals surface area contributed by atoms with Crippen molar-refractivity contribution >= 4 is 11.3 Å². The van der Waals surface area contributed by atoms with Crippen molar-refractivity contribution in [3.05, 3.63) is 42.6 Å². The molecule has 0 saturated heterocycles. The first-order chi connectivity index (χ1) is 8.78. The molecule has 0 bridgehead atoms. The van der Waals surface area contributed by atoms with Gasteiger partial charge in [0.15, 0.2) is 11.5 Å². The summed E-state index contributed by atoms with van der Waals surface area (Å²) in [4.78, 5) is 0. The summed E-state index contributed by atoms with van der Waals surface area (Å²) in [6.07, 6.45) is 1.81. The SMILES string of the molecule is COc1cccc(-c2nnc3ccc(N)cn23)c1. The van der Waals surface area contributed by atoms with Gasteiger partial charge in [0.1, 0.15) is 5.75 Å². The van der Waals surface area contributed by atoms with Gasteiger partial charge in [0.25, 0.3) is 0 Å². The highest BCUT2D eigenvalue weighted by atomic mass is 16.5. The van der Waals surface area contributed by atoms with Gasteiger partial charge in [-0.2, -0.15) is 0 Å². The van der Waals surface area contributed by atoms with Crippen LogP contribution in [0, 0.1) is 0 Å². The van der Waals surface area contributed by atoms with E-state index in [9.17, 15) is 0 Å². The van der Waals surface area contributed by atoms with E-state index in [4.69, 9.17) is 10.5 Å². The molecule has 0 fully saturated rings. The third-order valence-corrected chi connectivity index (χ3v) is 2.75. The molecular weight excluding hydrogens is 228 g/mol. The Labute approximate surface area is 104 Å². The lowest BCUT2D eigenvalue weighted by molar-refractivity contribution is 0.415. The van der Waals surface area contributed by atoms with E-state index in [0.29, 0.717) is 5.69 Å². The fraction of sp³-hybridized carbons (Fsp3) is 0.0769. The van der Waals surface area contributed by atoms with E-state index >= 15 is 0 Å². The number of pyridine rings is 1. The Bertz CT molecular complexity index is 705. The molecule has 1 aromatic carbocycles. The van der Waals surface area contributed by atoms with Crippen LogP contribution in [0.5, 0.6) is 5.75 Å². The number of aromatic nitrogens is 3. The molecule has 0 aliphatic heterocycles. The monoisotopic (exact) mass is 240 g/mol. The van der Waals surface area contributed by atoms with E-state index in [0.717, 1.165) is 22.8 Å². The van der Waals surface area contributed by atoms with Crippen LogP contribution in [0.2, 0.25) is 0 Å². The number of rotatable bonds is 2. The maximum absolute atomic E-state index is 5.79. The molecular formula is C13H12N4O. The van der Waals surface area contributed by atoms with Gasteiger partial charge in [0.2, 0.25) is 0 Å². The highest BCUT2D eigenvalue weighted by molar-refractivity contribution is 5.62. The molecule has 0 aliphatic rings. The van der Waals surface area contributed by atoms with Crippen molar-refractivity contribution in [2.75, 3.05) is 12.8 Å². The minimum absolute atomic E-state index is 0.673. The lowest BCUT2D eigenvalue weighted by atomic mass is 10.2. The van der Waals surface area contributed by atoms with Crippen molar-refractivity contribution in [1.29, 1.82) is 0 Å². The Balaban J connectivity index is 2.21. The van der Waals surface area contributed by atoms with Crippen molar-refractivity contribution < 1.29 is 4.74 Å². The molecule has 3 aromatic rings. The molecule has 90 valence electrons. The summed E-state index contributed by atoms with van der Waals surface area (Å²) in [5.74, 6) is 1.53. The van der Waals surface area contributed by atoms with E-state index in [2.05, 4.69) is 10.2 Å². The van der Waals surface area contributed by atoms with Crippen LogP contribution >= 0.6 is 0 Å². The Morgan fingerprint density at radius 1 is 1.17 bits per heavy atom. The summed E-state index contributed by atoms with van der Waals surface area (Å²) < 4.78 is 7.07. The smallest absolute Gasteiger partial charge is 0.168 e. The average molecular weight is 240 g/mol. The maximum Gasteiger partial charge on any atom is 0.168 e. The summed E-state index contributed by atoms with van der Waals surface area (Å²) in [7, 11) is 1.64. The number of benzene rings is 1. The lowest BCUT2D eigenvalue weighted by Crippen LogP contribution is -1.93. The van der Waals surface area contributed by atoms with Crippen LogP contribution < -0.4 is 10.5 Å². The molecule has 0 atom stereocenters. The average Bonchev–Trinajstić information content (AvgIpc) is 2.81. The Kier molecular flexibility index (Phi) is 2.37. The van der Waals surface area contributed by atoms with Gasteiger partial charge in [-0.3, -0.25) is 4.40 Å². The second-order valence-electron chi connectivity index (χ2n) is 3.95. The Morgan fingerprint density at radius 2 is 2.06 bits per heavy atom. The molecule has 5 nitrogen and oxygen atoms in total. The van der Waals surface area contributed by atoms with Crippen molar-refractivity contribution in [2.45, 2.75) is 0 Å². The molecule has 0 spiro atoms. The lowest BCUT2D eigenvalue weighted by Gasteiger charge is -2.03. The zero-order chi connectivity index (χ0) is 12.5. The quantitative estimate of drug-likeness (QED) is 0.744. The zero-order valence-corrected chi connectivity index (χ0v) is 9.87. The van der Waals surface area contributed by atoms with Crippen LogP contribution in [0.1, 0.15) is 0 Å².